The molecule has 0 radical (unpaired) electrons. The molecule has 1 aromatic carbocycles. The van der Waals surface area contributed by atoms with Crippen LogP contribution < -0.4 is 0 Å². The summed E-state index contributed by atoms with van der Waals surface area (Å²) in [6.07, 6.45) is 1.42. The molecule has 1 aromatic rings. The number of thiol groups is 1. The third kappa shape index (κ3) is 1.70. The summed E-state index contributed by atoms with van der Waals surface area (Å²) in [6.45, 7) is 3.72. The van der Waals surface area contributed by atoms with E-state index in [-0.39, 0.29) is 0 Å². The van der Waals surface area contributed by atoms with Crippen molar-refractivity contribution in [2.45, 2.75) is 13.0 Å². The van der Waals surface area contributed by atoms with Gasteiger partial charge in [-0.15, -0.1) is 0 Å². The SMILES string of the molecule is SCC1CC12CN(Cc1ccccc1)C2. The van der Waals surface area contributed by atoms with Crippen LogP contribution in [0.25, 0.3) is 0 Å². The Hall–Kier alpha value is -0.470. The summed E-state index contributed by atoms with van der Waals surface area (Å²) in [6, 6.07) is 10.8. The Balaban J connectivity index is 1.53. The van der Waals surface area contributed by atoms with Gasteiger partial charge in [0.1, 0.15) is 0 Å². The minimum Gasteiger partial charge on any atom is -0.298 e. The van der Waals surface area contributed by atoms with E-state index in [2.05, 4.69) is 47.9 Å². The number of rotatable bonds is 3. The Kier molecular flexibility index (Phi) is 2.29. The third-order valence-corrected chi connectivity index (χ3v) is 4.35. The highest BCUT2D eigenvalue weighted by atomic mass is 32.1. The van der Waals surface area contributed by atoms with Crippen LogP contribution in [0.4, 0.5) is 0 Å². The Morgan fingerprint density at radius 2 is 2.00 bits per heavy atom. The van der Waals surface area contributed by atoms with Crippen LogP contribution in [-0.2, 0) is 6.54 Å². The Labute approximate surface area is 96.9 Å². The van der Waals surface area contributed by atoms with E-state index in [0.29, 0.717) is 5.41 Å². The van der Waals surface area contributed by atoms with Gasteiger partial charge >= 0.3 is 0 Å². The van der Waals surface area contributed by atoms with Crippen molar-refractivity contribution in [1.29, 1.82) is 0 Å². The molecular formula is C13H17NS. The van der Waals surface area contributed by atoms with Crippen molar-refractivity contribution in [3.05, 3.63) is 35.9 Å². The van der Waals surface area contributed by atoms with Crippen molar-refractivity contribution in [3.8, 4) is 0 Å². The fourth-order valence-corrected chi connectivity index (χ4v) is 3.39. The van der Waals surface area contributed by atoms with Crippen molar-refractivity contribution >= 4 is 12.6 Å². The van der Waals surface area contributed by atoms with E-state index >= 15 is 0 Å². The topological polar surface area (TPSA) is 3.24 Å². The summed E-state index contributed by atoms with van der Waals surface area (Å²) in [5.74, 6) is 1.99. The smallest absolute Gasteiger partial charge is 0.0234 e. The maximum absolute atomic E-state index is 4.39. The molecule has 80 valence electrons. The normalized spacial score (nSPS) is 27.7. The van der Waals surface area contributed by atoms with E-state index in [4.69, 9.17) is 0 Å². The largest absolute Gasteiger partial charge is 0.298 e. The van der Waals surface area contributed by atoms with Crippen molar-refractivity contribution in [3.63, 3.8) is 0 Å². The Morgan fingerprint density at radius 3 is 2.60 bits per heavy atom. The molecule has 1 heterocycles. The molecule has 1 aliphatic heterocycles. The van der Waals surface area contributed by atoms with Gasteiger partial charge in [-0.05, 0) is 29.1 Å². The fraction of sp³-hybridized carbons (Fsp3) is 0.538. The van der Waals surface area contributed by atoms with Crippen LogP contribution in [0.1, 0.15) is 12.0 Å². The zero-order chi connectivity index (χ0) is 10.3. The van der Waals surface area contributed by atoms with Crippen LogP contribution in [-0.4, -0.2) is 23.7 Å². The second-order valence-electron chi connectivity index (χ2n) is 5.08. The standard InChI is InChI=1S/C13H17NS/c15-8-12-6-13(12)9-14(10-13)7-11-4-2-1-3-5-11/h1-5,12,15H,6-10H2. The van der Waals surface area contributed by atoms with Crippen LogP contribution in [0.5, 0.6) is 0 Å². The van der Waals surface area contributed by atoms with Gasteiger partial charge in [0.25, 0.3) is 0 Å². The lowest BCUT2D eigenvalue weighted by Crippen LogP contribution is -2.48. The number of hydrogen-bond acceptors (Lipinski definition) is 2. The van der Waals surface area contributed by atoms with Crippen LogP contribution in [0.2, 0.25) is 0 Å². The van der Waals surface area contributed by atoms with Gasteiger partial charge in [0.15, 0.2) is 0 Å². The van der Waals surface area contributed by atoms with Gasteiger partial charge in [-0.2, -0.15) is 12.6 Å². The maximum Gasteiger partial charge on any atom is 0.0234 e. The maximum atomic E-state index is 4.39. The molecular weight excluding hydrogens is 202 g/mol. The molecule has 1 unspecified atom stereocenters. The number of hydrogen-bond donors (Lipinski definition) is 1. The van der Waals surface area contributed by atoms with Crippen molar-refractivity contribution in [2.24, 2.45) is 11.3 Å². The summed E-state index contributed by atoms with van der Waals surface area (Å²) in [4.78, 5) is 2.55. The molecule has 15 heavy (non-hydrogen) atoms. The molecule has 2 fully saturated rings. The summed E-state index contributed by atoms with van der Waals surface area (Å²) < 4.78 is 0. The average Bonchev–Trinajstić information content (AvgIpc) is 2.93. The van der Waals surface area contributed by atoms with Crippen molar-refractivity contribution in [1.82, 2.24) is 4.90 Å². The second kappa shape index (κ2) is 3.53. The molecule has 1 atom stereocenters. The quantitative estimate of drug-likeness (QED) is 0.764. The summed E-state index contributed by atoms with van der Waals surface area (Å²) in [5, 5.41) is 0. The van der Waals surface area contributed by atoms with Gasteiger partial charge in [0.05, 0.1) is 0 Å². The van der Waals surface area contributed by atoms with Gasteiger partial charge in [-0.25, -0.2) is 0 Å². The van der Waals surface area contributed by atoms with Crippen LogP contribution in [0.15, 0.2) is 30.3 Å². The molecule has 1 spiro atoms. The van der Waals surface area contributed by atoms with E-state index in [9.17, 15) is 0 Å². The Morgan fingerprint density at radius 1 is 1.27 bits per heavy atom. The molecule has 3 rings (SSSR count). The van der Waals surface area contributed by atoms with Crippen molar-refractivity contribution in [2.75, 3.05) is 18.8 Å². The minimum atomic E-state index is 0.691. The summed E-state index contributed by atoms with van der Waals surface area (Å²) in [5.41, 5.74) is 2.13. The number of likely N-dealkylation sites (tertiary alicyclic amines) is 1. The van der Waals surface area contributed by atoms with Crippen LogP contribution >= 0.6 is 12.6 Å². The van der Waals surface area contributed by atoms with Crippen LogP contribution in [0, 0.1) is 11.3 Å². The first-order valence-electron chi connectivity index (χ1n) is 5.69. The lowest BCUT2D eigenvalue weighted by Gasteiger charge is -2.41. The Bertz CT molecular complexity index is 343. The molecule has 0 amide bonds. The summed E-state index contributed by atoms with van der Waals surface area (Å²) in [7, 11) is 0. The van der Waals surface area contributed by atoms with Gasteiger partial charge in [-0.3, -0.25) is 4.90 Å². The predicted octanol–water partition coefficient (Wildman–Crippen LogP) is 2.44. The van der Waals surface area contributed by atoms with E-state index in [1.807, 2.05) is 0 Å². The third-order valence-electron chi connectivity index (χ3n) is 3.91. The first kappa shape index (κ1) is 9.73. The van der Waals surface area contributed by atoms with Crippen LogP contribution in [0.3, 0.4) is 0 Å². The van der Waals surface area contributed by atoms with Crippen molar-refractivity contribution < 1.29 is 0 Å². The molecule has 2 aliphatic rings. The van der Waals surface area contributed by atoms with E-state index in [0.717, 1.165) is 18.2 Å². The fourth-order valence-electron chi connectivity index (χ4n) is 2.88. The molecule has 0 N–H and O–H groups in total. The van der Waals surface area contributed by atoms with Gasteiger partial charge in [0, 0.05) is 19.6 Å². The molecule has 1 saturated carbocycles. The highest BCUT2D eigenvalue weighted by Gasteiger charge is 2.59. The lowest BCUT2D eigenvalue weighted by atomic mass is 9.93. The van der Waals surface area contributed by atoms with E-state index < -0.39 is 0 Å². The monoisotopic (exact) mass is 219 g/mol. The number of benzene rings is 1. The molecule has 1 nitrogen and oxygen atoms in total. The van der Waals surface area contributed by atoms with Gasteiger partial charge < -0.3 is 0 Å². The van der Waals surface area contributed by atoms with Gasteiger partial charge in [0.2, 0.25) is 0 Å². The highest BCUT2D eigenvalue weighted by Crippen LogP contribution is 2.59. The zero-order valence-corrected chi connectivity index (χ0v) is 9.79. The van der Waals surface area contributed by atoms with Gasteiger partial charge in [-0.1, -0.05) is 30.3 Å². The van der Waals surface area contributed by atoms with E-state index in [1.54, 1.807) is 0 Å². The van der Waals surface area contributed by atoms with E-state index in [1.165, 1.54) is 25.1 Å². The molecule has 0 aromatic heterocycles. The molecule has 1 aliphatic carbocycles. The second-order valence-corrected chi connectivity index (χ2v) is 5.44. The number of nitrogens with zero attached hydrogens (tertiary/aromatic N) is 1. The first-order valence-corrected chi connectivity index (χ1v) is 6.33. The molecule has 2 heteroatoms. The zero-order valence-electron chi connectivity index (χ0n) is 8.89. The molecule has 0 bridgehead atoms. The first-order chi connectivity index (χ1) is 7.32. The highest BCUT2D eigenvalue weighted by molar-refractivity contribution is 7.80. The minimum absolute atomic E-state index is 0.691. The molecule has 1 saturated heterocycles. The summed E-state index contributed by atoms with van der Waals surface area (Å²) >= 11 is 4.39. The predicted molar refractivity (Wildman–Crippen MR) is 66.1 cm³/mol. The lowest BCUT2D eigenvalue weighted by molar-refractivity contribution is 0.0639. The average molecular weight is 219 g/mol.